The number of rotatable bonds is 13. The van der Waals surface area contributed by atoms with Crippen molar-refractivity contribution in [2.45, 2.75) is 25.8 Å². The second kappa shape index (κ2) is 14.9. The van der Waals surface area contributed by atoms with Crippen LogP contribution in [0.15, 0.2) is 84.9 Å². The molecule has 3 aromatic carbocycles. The molecule has 3 aromatic rings. The van der Waals surface area contributed by atoms with Crippen LogP contribution in [0.2, 0.25) is 0 Å². The Morgan fingerprint density at radius 3 is 2.32 bits per heavy atom. The zero-order valence-electron chi connectivity index (χ0n) is 21.9. The summed E-state index contributed by atoms with van der Waals surface area (Å²) in [5.74, 6) is 0.494. The lowest BCUT2D eigenvalue weighted by molar-refractivity contribution is -0.133. The number of nitrogens with zero attached hydrogens (tertiary/aromatic N) is 2. The molecule has 7 heteroatoms. The Morgan fingerprint density at radius 2 is 1.58 bits per heavy atom. The van der Waals surface area contributed by atoms with E-state index in [-0.39, 0.29) is 24.7 Å². The van der Waals surface area contributed by atoms with Crippen molar-refractivity contribution in [2.75, 3.05) is 51.3 Å². The smallest absolute Gasteiger partial charge is 0.224 e. The van der Waals surface area contributed by atoms with Gasteiger partial charge >= 0.3 is 0 Å². The summed E-state index contributed by atoms with van der Waals surface area (Å²) < 4.78 is 11.3. The number of hydrogen-bond donors (Lipinski definition) is 1. The maximum atomic E-state index is 13.1. The highest BCUT2D eigenvalue weighted by Gasteiger charge is 2.16. The molecule has 200 valence electrons. The van der Waals surface area contributed by atoms with Crippen molar-refractivity contribution in [1.82, 2.24) is 9.80 Å². The predicted molar refractivity (Wildman–Crippen MR) is 149 cm³/mol. The molecule has 0 spiro atoms. The fourth-order valence-corrected chi connectivity index (χ4v) is 4.39. The second-order valence-corrected chi connectivity index (χ2v) is 9.41. The predicted octanol–water partition coefficient (Wildman–Crippen LogP) is 4.39. The first kappa shape index (κ1) is 27.4. The topological polar surface area (TPSA) is 71.1 Å². The first-order chi connectivity index (χ1) is 18.7. The van der Waals surface area contributed by atoms with Gasteiger partial charge in [0.2, 0.25) is 11.8 Å². The Balaban J connectivity index is 1.25. The average Bonchev–Trinajstić information content (AvgIpc) is 2.96. The van der Waals surface area contributed by atoms with E-state index >= 15 is 0 Å². The van der Waals surface area contributed by atoms with Gasteiger partial charge in [0.05, 0.1) is 13.2 Å². The van der Waals surface area contributed by atoms with E-state index in [4.69, 9.17) is 9.47 Å². The summed E-state index contributed by atoms with van der Waals surface area (Å²) in [6.45, 7) is 5.92. The van der Waals surface area contributed by atoms with E-state index in [2.05, 4.69) is 22.3 Å². The van der Waals surface area contributed by atoms with Gasteiger partial charge in [0.15, 0.2) is 0 Å². The molecular formula is C31H37N3O4. The van der Waals surface area contributed by atoms with Crippen molar-refractivity contribution in [1.29, 1.82) is 0 Å². The summed E-state index contributed by atoms with van der Waals surface area (Å²) in [6, 6.07) is 27.5. The molecule has 38 heavy (non-hydrogen) atoms. The van der Waals surface area contributed by atoms with Crippen LogP contribution in [0.25, 0.3) is 0 Å². The number of morpholine rings is 1. The van der Waals surface area contributed by atoms with Crippen molar-refractivity contribution < 1.29 is 19.1 Å². The fraction of sp³-hybridized carbons (Fsp3) is 0.355. The van der Waals surface area contributed by atoms with Gasteiger partial charge in [-0.3, -0.25) is 14.5 Å². The largest absolute Gasteiger partial charge is 0.492 e. The highest BCUT2D eigenvalue weighted by Crippen LogP contribution is 2.18. The van der Waals surface area contributed by atoms with Crippen LogP contribution in [0.4, 0.5) is 5.69 Å². The minimum atomic E-state index is -0.188. The van der Waals surface area contributed by atoms with Gasteiger partial charge in [-0.2, -0.15) is 0 Å². The van der Waals surface area contributed by atoms with Crippen molar-refractivity contribution >= 4 is 17.5 Å². The molecule has 0 aliphatic carbocycles. The number of carbonyl (C=O) groups excluding carboxylic acids is 2. The lowest BCUT2D eigenvalue weighted by Crippen LogP contribution is -2.38. The minimum absolute atomic E-state index is 0.0277. The molecule has 1 N–H and O–H groups in total. The first-order valence-corrected chi connectivity index (χ1v) is 13.3. The van der Waals surface area contributed by atoms with Gasteiger partial charge in [0.25, 0.3) is 0 Å². The minimum Gasteiger partial charge on any atom is -0.492 e. The molecule has 0 saturated carbocycles. The average molecular weight is 516 g/mol. The third-order valence-electron chi connectivity index (χ3n) is 6.55. The van der Waals surface area contributed by atoms with Crippen LogP contribution in [0.3, 0.4) is 0 Å². The lowest BCUT2D eigenvalue weighted by atomic mass is 10.1. The molecule has 1 heterocycles. The van der Waals surface area contributed by atoms with E-state index in [0.29, 0.717) is 31.1 Å². The third kappa shape index (κ3) is 9.32. The van der Waals surface area contributed by atoms with Crippen LogP contribution >= 0.6 is 0 Å². The summed E-state index contributed by atoms with van der Waals surface area (Å²) in [6.07, 6.45) is 1.05. The summed E-state index contributed by atoms with van der Waals surface area (Å²) >= 11 is 0. The monoisotopic (exact) mass is 515 g/mol. The molecule has 2 amide bonds. The highest BCUT2D eigenvalue weighted by atomic mass is 16.5. The van der Waals surface area contributed by atoms with Crippen LogP contribution in [-0.2, 0) is 27.3 Å². The van der Waals surface area contributed by atoms with Crippen LogP contribution in [-0.4, -0.2) is 67.6 Å². The summed E-state index contributed by atoms with van der Waals surface area (Å²) in [5, 5.41) is 2.91. The molecule has 0 aromatic heterocycles. The number of benzene rings is 3. The molecule has 4 rings (SSSR count). The fourth-order valence-electron chi connectivity index (χ4n) is 4.39. The quantitative estimate of drug-likeness (QED) is 0.366. The number of nitrogens with one attached hydrogen (secondary N) is 1. The first-order valence-electron chi connectivity index (χ1n) is 13.3. The van der Waals surface area contributed by atoms with Crippen LogP contribution in [0.5, 0.6) is 5.75 Å². The number of anilines is 1. The van der Waals surface area contributed by atoms with Crippen LogP contribution in [0.1, 0.15) is 24.0 Å². The van der Waals surface area contributed by atoms with Gasteiger partial charge < -0.3 is 19.7 Å². The Labute approximate surface area is 225 Å². The van der Waals surface area contributed by atoms with Gasteiger partial charge in [-0.1, -0.05) is 66.7 Å². The molecule has 1 saturated heterocycles. The Kier molecular flexibility index (Phi) is 10.7. The number of ether oxygens (including phenoxy) is 2. The van der Waals surface area contributed by atoms with Gasteiger partial charge in [-0.15, -0.1) is 0 Å². The van der Waals surface area contributed by atoms with Crippen molar-refractivity contribution in [3.05, 3.63) is 96.1 Å². The van der Waals surface area contributed by atoms with Gasteiger partial charge in [0, 0.05) is 57.3 Å². The van der Waals surface area contributed by atoms with Gasteiger partial charge in [-0.25, -0.2) is 0 Å². The normalized spacial score (nSPS) is 13.6. The van der Waals surface area contributed by atoms with Crippen molar-refractivity contribution in [3.8, 4) is 5.75 Å². The Morgan fingerprint density at radius 1 is 0.868 bits per heavy atom. The van der Waals surface area contributed by atoms with E-state index in [9.17, 15) is 9.59 Å². The maximum Gasteiger partial charge on any atom is 0.224 e. The highest BCUT2D eigenvalue weighted by molar-refractivity contribution is 5.93. The number of amides is 2. The molecule has 0 unspecified atom stereocenters. The molecule has 0 atom stereocenters. The molecule has 0 bridgehead atoms. The summed E-state index contributed by atoms with van der Waals surface area (Å²) in [4.78, 5) is 30.0. The maximum absolute atomic E-state index is 13.1. The Bertz CT molecular complexity index is 1130. The molecule has 1 aliphatic rings. The molecule has 0 radical (unpaired) electrons. The van der Waals surface area contributed by atoms with Gasteiger partial charge in [-0.05, 0) is 29.7 Å². The van der Waals surface area contributed by atoms with E-state index in [0.717, 1.165) is 44.8 Å². The standard InChI is InChI=1S/C31H37N3O4/c35-30(32-28-12-7-13-29(24-28)38-23-20-33-18-21-37-22-19-33)14-15-31(36)34(25-27-10-5-2-6-11-27)17-16-26-8-3-1-4-9-26/h1-13,24H,14-23,25H2,(H,32,35). The molecule has 1 fully saturated rings. The Hall–Kier alpha value is -3.68. The van der Waals surface area contributed by atoms with E-state index in [1.807, 2.05) is 77.7 Å². The molecule has 7 nitrogen and oxygen atoms in total. The summed E-state index contributed by atoms with van der Waals surface area (Å²) in [5.41, 5.74) is 2.92. The van der Waals surface area contributed by atoms with Crippen LogP contribution in [0, 0.1) is 0 Å². The van der Waals surface area contributed by atoms with E-state index in [1.165, 1.54) is 5.56 Å². The molecular weight excluding hydrogens is 478 g/mol. The lowest BCUT2D eigenvalue weighted by Gasteiger charge is -2.26. The summed E-state index contributed by atoms with van der Waals surface area (Å²) in [7, 11) is 0. The van der Waals surface area contributed by atoms with Crippen LogP contribution < -0.4 is 10.1 Å². The van der Waals surface area contributed by atoms with E-state index in [1.54, 1.807) is 0 Å². The zero-order chi connectivity index (χ0) is 26.4. The zero-order valence-corrected chi connectivity index (χ0v) is 21.9. The van der Waals surface area contributed by atoms with Crippen molar-refractivity contribution in [2.24, 2.45) is 0 Å². The van der Waals surface area contributed by atoms with E-state index < -0.39 is 0 Å². The van der Waals surface area contributed by atoms with Gasteiger partial charge in [0.1, 0.15) is 12.4 Å². The molecule has 1 aliphatic heterocycles. The number of hydrogen-bond acceptors (Lipinski definition) is 5. The third-order valence-corrected chi connectivity index (χ3v) is 6.55. The second-order valence-electron chi connectivity index (χ2n) is 9.41. The number of carbonyl (C=O) groups is 2. The van der Waals surface area contributed by atoms with Crippen molar-refractivity contribution in [3.63, 3.8) is 0 Å². The SMILES string of the molecule is O=C(CCC(=O)N(CCc1ccccc1)Cc1ccccc1)Nc1cccc(OCCN2CCOCC2)c1.